The van der Waals surface area contributed by atoms with Gasteiger partial charge >= 0.3 is 0 Å². The van der Waals surface area contributed by atoms with E-state index in [1.54, 1.807) is 6.07 Å². The minimum Gasteiger partial charge on any atom is -0.353 e. The van der Waals surface area contributed by atoms with Crippen molar-refractivity contribution in [3.05, 3.63) is 11.2 Å². The van der Waals surface area contributed by atoms with Crippen LogP contribution in [0.4, 0.5) is 5.82 Å². The van der Waals surface area contributed by atoms with Crippen LogP contribution in [0.5, 0.6) is 0 Å². The fraction of sp³-hybridized carbons (Fsp3) is 0.714. The van der Waals surface area contributed by atoms with Crippen molar-refractivity contribution in [1.29, 1.82) is 0 Å². The molecule has 2 aliphatic rings. The predicted octanol–water partition coefficient (Wildman–Crippen LogP) is 3.22. The van der Waals surface area contributed by atoms with Crippen LogP contribution in [0.15, 0.2) is 11.2 Å². The Hall–Kier alpha value is -1.54. The molecule has 1 aliphatic heterocycles. The van der Waals surface area contributed by atoms with E-state index in [0.717, 1.165) is 31.7 Å². The first-order valence-electron chi connectivity index (χ1n) is 10.8. The van der Waals surface area contributed by atoms with Crippen LogP contribution in [0.25, 0.3) is 0 Å². The van der Waals surface area contributed by atoms with Crippen molar-refractivity contribution in [3.8, 4) is 0 Å². The Morgan fingerprint density at radius 2 is 1.83 bits per heavy atom. The zero-order chi connectivity index (χ0) is 21.7. The van der Waals surface area contributed by atoms with Crippen molar-refractivity contribution in [3.63, 3.8) is 0 Å². The van der Waals surface area contributed by atoms with E-state index >= 15 is 0 Å². The molecule has 1 saturated heterocycles. The van der Waals surface area contributed by atoms with Crippen molar-refractivity contribution in [2.75, 3.05) is 36.8 Å². The predicted molar refractivity (Wildman–Crippen MR) is 121 cm³/mol. The van der Waals surface area contributed by atoms with Gasteiger partial charge in [-0.1, -0.05) is 50.1 Å². The van der Waals surface area contributed by atoms with Gasteiger partial charge in [0.05, 0.1) is 5.75 Å². The summed E-state index contributed by atoms with van der Waals surface area (Å²) in [4.78, 5) is 37.8. The van der Waals surface area contributed by atoms with Crippen LogP contribution in [0.1, 0.15) is 46.5 Å². The number of rotatable bonds is 7. The fourth-order valence-electron chi connectivity index (χ4n) is 3.79. The monoisotopic (exact) mass is 453 g/mol. The summed E-state index contributed by atoms with van der Waals surface area (Å²) in [6.45, 7) is 9.00. The largest absolute Gasteiger partial charge is 0.353 e. The van der Waals surface area contributed by atoms with Gasteiger partial charge in [-0.05, 0) is 25.7 Å². The number of piperazine rings is 1. The molecule has 2 amide bonds. The third-order valence-corrected chi connectivity index (χ3v) is 7.04. The van der Waals surface area contributed by atoms with E-state index < -0.39 is 0 Å². The number of thioether (sulfide) groups is 1. The van der Waals surface area contributed by atoms with Crippen LogP contribution < -0.4 is 10.2 Å². The SMILES string of the molecule is CC(C)C(C)NC(=O)CSc1nc(Cl)cc(N2CCN(C(=O)C3CCCC3)CC2)n1. The Morgan fingerprint density at radius 1 is 1.17 bits per heavy atom. The third-order valence-electron chi connectivity index (χ3n) is 6.00. The van der Waals surface area contributed by atoms with Crippen LogP contribution in [0, 0.1) is 11.8 Å². The second-order valence-corrected chi connectivity index (χ2v) is 9.84. The number of nitrogens with one attached hydrogen (secondary N) is 1. The first-order valence-corrected chi connectivity index (χ1v) is 12.2. The normalized spacial score (nSPS) is 18.7. The summed E-state index contributed by atoms with van der Waals surface area (Å²) in [5, 5.41) is 3.84. The number of hydrogen-bond donors (Lipinski definition) is 1. The number of halogens is 1. The van der Waals surface area contributed by atoms with Gasteiger partial charge in [-0.2, -0.15) is 0 Å². The molecule has 2 fully saturated rings. The number of aromatic nitrogens is 2. The maximum Gasteiger partial charge on any atom is 0.230 e. The second-order valence-electron chi connectivity index (χ2n) is 8.51. The topological polar surface area (TPSA) is 78.4 Å². The lowest BCUT2D eigenvalue weighted by Gasteiger charge is -2.36. The highest BCUT2D eigenvalue weighted by Crippen LogP contribution is 2.28. The third kappa shape index (κ3) is 6.23. The summed E-state index contributed by atoms with van der Waals surface area (Å²) >= 11 is 7.51. The minimum atomic E-state index is -0.0367. The zero-order valence-electron chi connectivity index (χ0n) is 18.1. The molecule has 0 aromatic carbocycles. The number of hydrogen-bond acceptors (Lipinski definition) is 6. The van der Waals surface area contributed by atoms with E-state index in [1.807, 2.05) is 11.8 Å². The first kappa shape index (κ1) is 23.1. The average Bonchev–Trinajstić information content (AvgIpc) is 3.26. The zero-order valence-corrected chi connectivity index (χ0v) is 19.6. The van der Waals surface area contributed by atoms with Crippen LogP contribution >= 0.6 is 23.4 Å². The summed E-state index contributed by atoms with van der Waals surface area (Å²) in [6, 6.07) is 1.87. The van der Waals surface area contributed by atoms with Gasteiger partial charge < -0.3 is 15.1 Å². The van der Waals surface area contributed by atoms with Crippen LogP contribution in [-0.2, 0) is 9.59 Å². The van der Waals surface area contributed by atoms with Crippen LogP contribution in [0.3, 0.4) is 0 Å². The molecule has 1 atom stereocenters. The number of amides is 2. The number of anilines is 1. The van der Waals surface area contributed by atoms with Gasteiger partial charge in [0.15, 0.2) is 5.16 Å². The molecular weight excluding hydrogens is 422 g/mol. The first-order chi connectivity index (χ1) is 14.3. The smallest absolute Gasteiger partial charge is 0.230 e. The molecule has 0 bridgehead atoms. The lowest BCUT2D eigenvalue weighted by Crippen LogP contribution is -2.50. The molecule has 3 rings (SSSR count). The summed E-state index contributed by atoms with van der Waals surface area (Å²) in [5.74, 6) is 1.88. The molecule has 0 radical (unpaired) electrons. The Balaban J connectivity index is 1.54. The molecule has 1 aliphatic carbocycles. The molecule has 7 nitrogen and oxygen atoms in total. The van der Waals surface area contributed by atoms with Gasteiger partial charge in [0.1, 0.15) is 11.0 Å². The lowest BCUT2D eigenvalue weighted by molar-refractivity contribution is -0.135. The fourth-order valence-corrected chi connectivity index (χ4v) is 4.68. The molecule has 9 heteroatoms. The minimum absolute atomic E-state index is 0.0367. The molecule has 166 valence electrons. The highest BCUT2D eigenvalue weighted by Gasteiger charge is 2.29. The van der Waals surface area contributed by atoms with Gasteiger partial charge in [-0.15, -0.1) is 0 Å². The van der Waals surface area contributed by atoms with E-state index in [2.05, 4.69) is 34.0 Å². The van der Waals surface area contributed by atoms with E-state index in [0.29, 0.717) is 35.2 Å². The summed E-state index contributed by atoms with van der Waals surface area (Å²) < 4.78 is 0. The number of nitrogens with zero attached hydrogens (tertiary/aromatic N) is 4. The van der Waals surface area contributed by atoms with Crippen molar-refractivity contribution in [2.24, 2.45) is 11.8 Å². The lowest BCUT2D eigenvalue weighted by atomic mass is 10.1. The van der Waals surface area contributed by atoms with Gasteiger partial charge in [0, 0.05) is 44.2 Å². The van der Waals surface area contributed by atoms with E-state index in [-0.39, 0.29) is 23.6 Å². The Morgan fingerprint density at radius 3 is 2.47 bits per heavy atom. The number of carbonyl (C=O) groups is 2. The van der Waals surface area contributed by atoms with Crippen molar-refractivity contribution in [2.45, 2.75) is 57.7 Å². The maximum absolute atomic E-state index is 12.6. The Labute approximate surface area is 188 Å². The Kier molecular flexibility index (Phi) is 8.22. The molecular formula is C21H32ClN5O2S. The molecule has 1 aromatic heterocycles. The van der Waals surface area contributed by atoms with E-state index in [4.69, 9.17) is 11.6 Å². The molecule has 1 saturated carbocycles. The van der Waals surface area contributed by atoms with Crippen molar-refractivity contribution < 1.29 is 9.59 Å². The number of carbonyl (C=O) groups excluding carboxylic acids is 2. The average molecular weight is 454 g/mol. The van der Waals surface area contributed by atoms with Crippen LogP contribution in [-0.4, -0.2) is 64.7 Å². The van der Waals surface area contributed by atoms with Gasteiger partial charge in [-0.25, -0.2) is 9.97 Å². The molecule has 1 unspecified atom stereocenters. The maximum atomic E-state index is 12.6. The molecule has 1 aromatic rings. The molecule has 30 heavy (non-hydrogen) atoms. The Bertz CT molecular complexity index is 749. The molecule has 2 heterocycles. The molecule has 0 spiro atoms. The van der Waals surface area contributed by atoms with E-state index in [9.17, 15) is 9.59 Å². The highest BCUT2D eigenvalue weighted by atomic mass is 35.5. The molecule has 1 N–H and O–H groups in total. The standard InChI is InChI=1S/C21H32ClN5O2S/c1-14(2)15(3)23-19(28)13-30-21-24-17(22)12-18(25-21)26-8-10-27(11-9-26)20(29)16-6-4-5-7-16/h12,14-16H,4-11,13H2,1-3H3,(H,23,28). The highest BCUT2D eigenvalue weighted by molar-refractivity contribution is 7.99. The summed E-state index contributed by atoms with van der Waals surface area (Å²) in [5.41, 5.74) is 0. The second kappa shape index (κ2) is 10.7. The van der Waals surface area contributed by atoms with Crippen molar-refractivity contribution in [1.82, 2.24) is 20.2 Å². The summed E-state index contributed by atoms with van der Waals surface area (Å²) in [6.07, 6.45) is 4.41. The van der Waals surface area contributed by atoms with Crippen LogP contribution in [0.2, 0.25) is 5.15 Å². The van der Waals surface area contributed by atoms with Gasteiger partial charge in [0.25, 0.3) is 0 Å². The van der Waals surface area contributed by atoms with Crippen molar-refractivity contribution >= 4 is 41.0 Å². The van der Waals surface area contributed by atoms with Gasteiger partial charge in [0.2, 0.25) is 11.8 Å². The quantitative estimate of drug-likeness (QED) is 0.388. The van der Waals surface area contributed by atoms with Gasteiger partial charge in [-0.3, -0.25) is 9.59 Å². The summed E-state index contributed by atoms with van der Waals surface area (Å²) in [7, 11) is 0. The van der Waals surface area contributed by atoms with E-state index in [1.165, 1.54) is 24.6 Å².